The zero-order chi connectivity index (χ0) is 9.10. The van der Waals surface area contributed by atoms with Crippen LogP contribution >= 0.6 is 0 Å². The summed E-state index contributed by atoms with van der Waals surface area (Å²) in [6.45, 7) is 0.263. The molecule has 13 heavy (non-hydrogen) atoms. The summed E-state index contributed by atoms with van der Waals surface area (Å²) in [6.07, 6.45) is 1.80. The lowest BCUT2D eigenvalue weighted by molar-refractivity contribution is -0.134. The van der Waals surface area contributed by atoms with E-state index >= 15 is 0 Å². The van der Waals surface area contributed by atoms with E-state index in [1.54, 1.807) is 6.08 Å². The SMILES string of the molecule is O=C1CN/C(=C\c2ccccc2)O1. The Labute approximate surface area is 76.0 Å². The van der Waals surface area contributed by atoms with Crippen molar-refractivity contribution in [3.05, 3.63) is 41.8 Å². The lowest BCUT2D eigenvalue weighted by Gasteiger charge is -1.96. The smallest absolute Gasteiger partial charge is 0.332 e. The molecule has 0 spiro atoms. The van der Waals surface area contributed by atoms with E-state index in [2.05, 4.69) is 5.32 Å². The number of ether oxygens (including phenoxy) is 1. The number of nitrogens with one attached hydrogen (secondary N) is 1. The molecule has 0 aromatic heterocycles. The third kappa shape index (κ3) is 1.87. The van der Waals surface area contributed by atoms with Crippen molar-refractivity contribution >= 4 is 12.0 Å². The first kappa shape index (κ1) is 7.86. The van der Waals surface area contributed by atoms with Gasteiger partial charge in [0, 0.05) is 6.08 Å². The Bertz CT molecular complexity index is 343. The van der Waals surface area contributed by atoms with Gasteiger partial charge in [0.05, 0.1) is 0 Å². The first-order chi connectivity index (χ1) is 6.34. The van der Waals surface area contributed by atoms with E-state index in [0.717, 1.165) is 5.56 Å². The molecule has 0 amide bonds. The minimum absolute atomic E-state index is 0.234. The van der Waals surface area contributed by atoms with Crippen LogP contribution in [-0.2, 0) is 9.53 Å². The summed E-state index contributed by atoms with van der Waals surface area (Å²) >= 11 is 0. The van der Waals surface area contributed by atoms with Crippen LogP contribution in [0.15, 0.2) is 36.2 Å². The molecule has 1 aliphatic rings. The Morgan fingerprint density at radius 2 is 2.08 bits per heavy atom. The maximum atomic E-state index is 10.7. The Kier molecular flexibility index (Phi) is 2.00. The quantitative estimate of drug-likeness (QED) is 0.650. The van der Waals surface area contributed by atoms with Crippen LogP contribution < -0.4 is 5.32 Å². The van der Waals surface area contributed by atoms with Crippen LogP contribution in [0.1, 0.15) is 5.56 Å². The number of benzene rings is 1. The van der Waals surface area contributed by atoms with Gasteiger partial charge < -0.3 is 10.1 Å². The van der Waals surface area contributed by atoms with Crippen molar-refractivity contribution in [3.63, 3.8) is 0 Å². The van der Waals surface area contributed by atoms with Crippen LogP contribution in [0.3, 0.4) is 0 Å². The molecule has 0 atom stereocenters. The predicted molar refractivity (Wildman–Crippen MR) is 48.5 cm³/mol. The largest absolute Gasteiger partial charge is 0.409 e. The van der Waals surface area contributed by atoms with Gasteiger partial charge >= 0.3 is 5.97 Å². The van der Waals surface area contributed by atoms with Gasteiger partial charge in [0.15, 0.2) is 5.88 Å². The molecule has 0 aliphatic carbocycles. The predicted octanol–water partition coefficient (Wildman–Crippen LogP) is 1.13. The number of carbonyl (C=O) groups excluding carboxylic acids is 1. The fourth-order valence-corrected chi connectivity index (χ4v) is 1.14. The first-order valence-electron chi connectivity index (χ1n) is 4.06. The average Bonchev–Trinajstić information content (AvgIpc) is 2.53. The second-order valence-corrected chi connectivity index (χ2v) is 2.75. The molecule has 1 aromatic carbocycles. The van der Waals surface area contributed by atoms with Gasteiger partial charge in [0.25, 0.3) is 0 Å². The highest BCUT2D eigenvalue weighted by Gasteiger charge is 2.14. The summed E-state index contributed by atoms with van der Waals surface area (Å²) in [6, 6.07) is 9.70. The van der Waals surface area contributed by atoms with Crippen molar-refractivity contribution < 1.29 is 9.53 Å². The Morgan fingerprint density at radius 3 is 2.69 bits per heavy atom. The highest BCUT2D eigenvalue weighted by Crippen LogP contribution is 2.08. The third-order valence-corrected chi connectivity index (χ3v) is 1.73. The minimum atomic E-state index is -0.234. The van der Waals surface area contributed by atoms with E-state index in [9.17, 15) is 4.79 Å². The van der Waals surface area contributed by atoms with Crippen LogP contribution in [0.5, 0.6) is 0 Å². The lowest BCUT2D eigenvalue weighted by atomic mass is 10.2. The molecule has 0 bridgehead atoms. The van der Waals surface area contributed by atoms with Crippen molar-refractivity contribution in [2.75, 3.05) is 6.54 Å². The highest BCUT2D eigenvalue weighted by molar-refractivity contribution is 5.77. The van der Waals surface area contributed by atoms with E-state index in [1.807, 2.05) is 30.3 Å². The van der Waals surface area contributed by atoms with E-state index in [4.69, 9.17) is 4.74 Å². The average molecular weight is 175 g/mol. The lowest BCUT2D eigenvalue weighted by Crippen LogP contribution is -2.06. The Morgan fingerprint density at radius 1 is 1.31 bits per heavy atom. The summed E-state index contributed by atoms with van der Waals surface area (Å²) in [5.74, 6) is 0.290. The molecule has 0 radical (unpaired) electrons. The molecule has 1 heterocycles. The molecule has 0 saturated carbocycles. The maximum absolute atomic E-state index is 10.7. The van der Waals surface area contributed by atoms with Crippen molar-refractivity contribution in [1.82, 2.24) is 5.32 Å². The summed E-state index contributed by atoms with van der Waals surface area (Å²) in [7, 11) is 0. The fourth-order valence-electron chi connectivity index (χ4n) is 1.14. The topological polar surface area (TPSA) is 38.3 Å². The van der Waals surface area contributed by atoms with Gasteiger partial charge in [0.1, 0.15) is 6.54 Å². The van der Waals surface area contributed by atoms with Crippen LogP contribution in [0.25, 0.3) is 6.08 Å². The van der Waals surface area contributed by atoms with Gasteiger partial charge in [-0.2, -0.15) is 0 Å². The van der Waals surface area contributed by atoms with E-state index in [-0.39, 0.29) is 12.5 Å². The second kappa shape index (κ2) is 3.31. The van der Waals surface area contributed by atoms with Crippen molar-refractivity contribution in [3.8, 4) is 0 Å². The molecule has 1 fully saturated rings. The van der Waals surface area contributed by atoms with Gasteiger partial charge in [-0.05, 0) is 5.56 Å². The molecule has 1 N–H and O–H groups in total. The Hall–Kier alpha value is -1.77. The van der Waals surface area contributed by atoms with Crippen LogP contribution in [0, 0.1) is 0 Å². The van der Waals surface area contributed by atoms with Crippen LogP contribution in [0.4, 0.5) is 0 Å². The molecule has 1 aliphatic heterocycles. The van der Waals surface area contributed by atoms with E-state index in [0.29, 0.717) is 5.88 Å². The maximum Gasteiger partial charge on any atom is 0.332 e. The molecule has 2 rings (SSSR count). The normalized spacial score (nSPS) is 18.5. The third-order valence-electron chi connectivity index (χ3n) is 1.73. The molecular weight excluding hydrogens is 166 g/mol. The molecule has 0 unspecified atom stereocenters. The number of hydrogen-bond donors (Lipinski definition) is 1. The molecule has 1 saturated heterocycles. The summed E-state index contributed by atoms with van der Waals surface area (Å²) in [4.78, 5) is 10.7. The highest BCUT2D eigenvalue weighted by atomic mass is 16.6. The van der Waals surface area contributed by atoms with Gasteiger partial charge in [-0.1, -0.05) is 30.3 Å². The zero-order valence-electron chi connectivity index (χ0n) is 6.99. The fraction of sp³-hybridized carbons (Fsp3) is 0.100. The van der Waals surface area contributed by atoms with Crippen molar-refractivity contribution in [2.24, 2.45) is 0 Å². The first-order valence-corrected chi connectivity index (χ1v) is 4.06. The molecule has 1 aromatic rings. The molecule has 66 valence electrons. The summed E-state index contributed by atoms with van der Waals surface area (Å²) < 4.78 is 4.88. The van der Waals surface area contributed by atoms with Crippen LogP contribution in [0.2, 0.25) is 0 Å². The van der Waals surface area contributed by atoms with E-state index < -0.39 is 0 Å². The number of rotatable bonds is 1. The second-order valence-electron chi connectivity index (χ2n) is 2.75. The summed E-state index contributed by atoms with van der Waals surface area (Å²) in [5, 5.41) is 2.84. The zero-order valence-corrected chi connectivity index (χ0v) is 6.99. The molecular formula is C10H9NO2. The number of carbonyl (C=O) groups is 1. The molecule has 3 nitrogen and oxygen atoms in total. The minimum Gasteiger partial charge on any atom is -0.409 e. The number of esters is 1. The number of hydrogen-bond acceptors (Lipinski definition) is 3. The Balaban J connectivity index is 2.17. The van der Waals surface area contributed by atoms with Crippen molar-refractivity contribution in [1.29, 1.82) is 0 Å². The monoisotopic (exact) mass is 175 g/mol. The summed E-state index contributed by atoms with van der Waals surface area (Å²) in [5.41, 5.74) is 1.01. The van der Waals surface area contributed by atoms with E-state index in [1.165, 1.54) is 0 Å². The van der Waals surface area contributed by atoms with Gasteiger partial charge in [-0.25, -0.2) is 4.79 Å². The van der Waals surface area contributed by atoms with Crippen LogP contribution in [-0.4, -0.2) is 12.5 Å². The number of cyclic esters (lactones) is 1. The van der Waals surface area contributed by atoms with Gasteiger partial charge in [-0.15, -0.1) is 0 Å². The van der Waals surface area contributed by atoms with Gasteiger partial charge in [-0.3, -0.25) is 0 Å². The van der Waals surface area contributed by atoms with Crippen molar-refractivity contribution in [2.45, 2.75) is 0 Å². The standard InChI is InChI=1S/C10H9NO2/c12-10-7-11-9(13-10)6-8-4-2-1-3-5-8/h1-6,11H,7H2/b9-6+. The van der Waals surface area contributed by atoms with Gasteiger partial charge in [0.2, 0.25) is 0 Å². The molecule has 3 heteroatoms.